The molecule has 0 spiro atoms. The second-order valence-corrected chi connectivity index (χ2v) is 5.48. The molecular weight excluding hydrogens is 322 g/mol. The maximum Gasteiger partial charge on any atom is 0.341 e. The number of ether oxygens (including phenoxy) is 2. The molecule has 2 aromatic carbocycles. The number of amides is 1. The van der Waals surface area contributed by atoms with Crippen LogP contribution in [-0.4, -0.2) is 36.7 Å². The summed E-state index contributed by atoms with van der Waals surface area (Å²) < 4.78 is 10.7. The van der Waals surface area contributed by atoms with Crippen LogP contribution in [0.5, 0.6) is 11.5 Å². The lowest BCUT2D eigenvalue weighted by molar-refractivity contribution is -0.139. The van der Waals surface area contributed by atoms with Crippen molar-refractivity contribution in [3.8, 4) is 11.5 Å². The van der Waals surface area contributed by atoms with E-state index in [0.29, 0.717) is 30.9 Å². The van der Waals surface area contributed by atoms with Gasteiger partial charge in [0.1, 0.15) is 11.5 Å². The summed E-state index contributed by atoms with van der Waals surface area (Å²) in [5.41, 5.74) is 1.59. The first kappa shape index (κ1) is 18.3. The van der Waals surface area contributed by atoms with Crippen molar-refractivity contribution in [2.45, 2.75) is 13.3 Å². The Kier molecular flexibility index (Phi) is 6.83. The van der Waals surface area contributed by atoms with Gasteiger partial charge in [-0.1, -0.05) is 23.8 Å². The zero-order valence-corrected chi connectivity index (χ0v) is 14.0. The van der Waals surface area contributed by atoms with Crippen molar-refractivity contribution in [3.05, 3.63) is 59.7 Å². The van der Waals surface area contributed by atoms with Gasteiger partial charge in [-0.05, 0) is 43.7 Å². The molecule has 6 heteroatoms. The van der Waals surface area contributed by atoms with E-state index in [-0.39, 0.29) is 5.91 Å². The van der Waals surface area contributed by atoms with Crippen LogP contribution in [0.15, 0.2) is 48.5 Å². The second kappa shape index (κ2) is 9.32. The van der Waals surface area contributed by atoms with Crippen LogP contribution in [-0.2, 0) is 4.79 Å². The number of rotatable bonds is 9. The third kappa shape index (κ3) is 6.55. The first-order chi connectivity index (χ1) is 12.0. The van der Waals surface area contributed by atoms with E-state index in [0.717, 1.165) is 5.75 Å². The quantitative estimate of drug-likeness (QED) is 0.684. The minimum atomic E-state index is -1.07. The standard InChI is InChI=1S/C19H21NO5/c1-14-6-8-16(9-7-14)24-11-3-10-20-19(23)15-4-2-5-17(12-15)25-13-18(21)22/h2,4-9,12H,3,10-11,13H2,1H3,(H,20,23)(H,21,22). The first-order valence-electron chi connectivity index (χ1n) is 7.97. The van der Waals surface area contributed by atoms with E-state index in [4.69, 9.17) is 14.6 Å². The van der Waals surface area contributed by atoms with Gasteiger partial charge in [0.15, 0.2) is 6.61 Å². The SMILES string of the molecule is Cc1ccc(OCCCNC(=O)c2cccc(OCC(=O)O)c2)cc1. The van der Waals surface area contributed by atoms with E-state index in [2.05, 4.69) is 5.32 Å². The summed E-state index contributed by atoms with van der Waals surface area (Å²) in [6.45, 7) is 2.55. The van der Waals surface area contributed by atoms with Crippen molar-refractivity contribution in [2.24, 2.45) is 0 Å². The number of carboxylic acids is 1. The van der Waals surface area contributed by atoms with Crippen LogP contribution in [0.2, 0.25) is 0 Å². The first-order valence-corrected chi connectivity index (χ1v) is 7.97. The predicted octanol–water partition coefficient (Wildman–Crippen LogP) is 2.66. The minimum absolute atomic E-state index is 0.240. The van der Waals surface area contributed by atoms with Crippen LogP contribution < -0.4 is 14.8 Å². The van der Waals surface area contributed by atoms with Gasteiger partial charge in [0.25, 0.3) is 5.91 Å². The molecule has 6 nitrogen and oxygen atoms in total. The van der Waals surface area contributed by atoms with Crippen molar-refractivity contribution in [1.82, 2.24) is 5.32 Å². The molecule has 0 bridgehead atoms. The molecule has 1 amide bonds. The lowest BCUT2D eigenvalue weighted by atomic mass is 10.2. The Labute approximate surface area is 146 Å². The Morgan fingerprint density at radius 1 is 1.04 bits per heavy atom. The molecule has 0 fully saturated rings. The molecule has 0 aliphatic carbocycles. The molecule has 0 unspecified atom stereocenters. The average molecular weight is 343 g/mol. The predicted molar refractivity (Wildman–Crippen MR) is 93.2 cm³/mol. The van der Waals surface area contributed by atoms with Gasteiger partial charge in [-0.2, -0.15) is 0 Å². The molecule has 25 heavy (non-hydrogen) atoms. The molecule has 2 aromatic rings. The summed E-state index contributed by atoms with van der Waals surface area (Å²) in [7, 11) is 0. The van der Waals surface area contributed by atoms with Crippen LogP contribution in [0.3, 0.4) is 0 Å². The number of carbonyl (C=O) groups is 2. The van der Waals surface area contributed by atoms with Crippen molar-refractivity contribution in [1.29, 1.82) is 0 Å². The van der Waals surface area contributed by atoms with Gasteiger partial charge in [0, 0.05) is 12.1 Å². The second-order valence-electron chi connectivity index (χ2n) is 5.48. The van der Waals surface area contributed by atoms with Crippen LogP contribution >= 0.6 is 0 Å². The molecule has 0 heterocycles. The number of aryl methyl sites for hydroxylation is 1. The number of benzene rings is 2. The van der Waals surface area contributed by atoms with Crippen molar-refractivity contribution < 1.29 is 24.2 Å². The highest BCUT2D eigenvalue weighted by Crippen LogP contribution is 2.13. The van der Waals surface area contributed by atoms with Crippen LogP contribution in [0.4, 0.5) is 0 Å². The fourth-order valence-corrected chi connectivity index (χ4v) is 2.07. The van der Waals surface area contributed by atoms with Crippen molar-refractivity contribution in [2.75, 3.05) is 19.8 Å². The fourth-order valence-electron chi connectivity index (χ4n) is 2.07. The minimum Gasteiger partial charge on any atom is -0.494 e. The molecule has 0 aliphatic rings. The number of carbonyl (C=O) groups excluding carboxylic acids is 1. The molecule has 0 radical (unpaired) electrons. The molecule has 0 aliphatic heterocycles. The fraction of sp³-hybridized carbons (Fsp3) is 0.263. The monoisotopic (exact) mass is 343 g/mol. The van der Waals surface area contributed by atoms with E-state index >= 15 is 0 Å². The Hall–Kier alpha value is -3.02. The third-order valence-corrected chi connectivity index (χ3v) is 3.35. The van der Waals surface area contributed by atoms with Gasteiger partial charge < -0.3 is 19.9 Å². The highest BCUT2D eigenvalue weighted by atomic mass is 16.5. The highest BCUT2D eigenvalue weighted by Gasteiger charge is 2.07. The van der Waals surface area contributed by atoms with E-state index in [1.54, 1.807) is 18.2 Å². The van der Waals surface area contributed by atoms with E-state index < -0.39 is 12.6 Å². The summed E-state index contributed by atoms with van der Waals surface area (Å²) in [6, 6.07) is 14.2. The zero-order valence-electron chi connectivity index (χ0n) is 14.0. The van der Waals surface area contributed by atoms with Gasteiger partial charge in [-0.15, -0.1) is 0 Å². The summed E-state index contributed by atoms with van der Waals surface area (Å²) in [5, 5.41) is 11.4. The van der Waals surface area contributed by atoms with Crippen LogP contribution in [0.1, 0.15) is 22.3 Å². The van der Waals surface area contributed by atoms with Crippen LogP contribution in [0.25, 0.3) is 0 Å². The van der Waals surface area contributed by atoms with Gasteiger partial charge in [-0.3, -0.25) is 4.79 Å². The Morgan fingerprint density at radius 3 is 2.52 bits per heavy atom. The van der Waals surface area contributed by atoms with Gasteiger partial charge in [0.05, 0.1) is 6.61 Å². The molecular formula is C19H21NO5. The summed E-state index contributed by atoms with van der Waals surface area (Å²) >= 11 is 0. The Balaban J connectivity index is 1.71. The molecule has 0 saturated carbocycles. The summed E-state index contributed by atoms with van der Waals surface area (Å²) in [5.74, 6) is -0.155. The lowest BCUT2D eigenvalue weighted by Gasteiger charge is -2.09. The molecule has 132 valence electrons. The Morgan fingerprint density at radius 2 is 1.80 bits per heavy atom. The van der Waals surface area contributed by atoms with Gasteiger partial charge in [0.2, 0.25) is 0 Å². The number of hydrogen-bond acceptors (Lipinski definition) is 4. The maximum atomic E-state index is 12.1. The molecule has 0 saturated heterocycles. The third-order valence-electron chi connectivity index (χ3n) is 3.35. The molecule has 0 atom stereocenters. The summed E-state index contributed by atoms with van der Waals surface area (Å²) in [6.07, 6.45) is 0.675. The zero-order chi connectivity index (χ0) is 18.1. The number of hydrogen-bond donors (Lipinski definition) is 2. The van der Waals surface area contributed by atoms with Gasteiger partial charge >= 0.3 is 5.97 Å². The number of nitrogens with one attached hydrogen (secondary N) is 1. The lowest BCUT2D eigenvalue weighted by Crippen LogP contribution is -2.25. The average Bonchev–Trinajstić information content (AvgIpc) is 2.61. The summed E-state index contributed by atoms with van der Waals surface area (Å²) in [4.78, 5) is 22.6. The molecule has 0 aromatic heterocycles. The highest BCUT2D eigenvalue weighted by molar-refractivity contribution is 5.94. The van der Waals surface area contributed by atoms with Gasteiger partial charge in [-0.25, -0.2) is 4.79 Å². The van der Waals surface area contributed by atoms with E-state index in [9.17, 15) is 9.59 Å². The number of carboxylic acid groups (broad SMARTS) is 1. The van der Waals surface area contributed by atoms with Crippen molar-refractivity contribution in [3.63, 3.8) is 0 Å². The van der Waals surface area contributed by atoms with Crippen molar-refractivity contribution >= 4 is 11.9 Å². The Bertz CT molecular complexity index is 712. The number of aliphatic carboxylic acids is 1. The topological polar surface area (TPSA) is 84.9 Å². The smallest absolute Gasteiger partial charge is 0.341 e. The molecule has 2 rings (SSSR count). The van der Waals surface area contributed by atoms with Crippen LogP contribution in [0, 0.1) is 6.92 Å². The maximum absolute atomic E-state index is 12.1. The largest absolute Gasteiger partial charge is 0.494 e. The normalized spacial score (nSPS) is 10.1. The van der Waals surface area contributed by atoms with E-state index in [1.807, 2.05) is 31.2 Å². The van der Waals surface area contributed by atoms with E-state index in [1.165, 1.54) is 11.6 Å². The molecule has 2 N–H and O–H groups in total.